The standard InChI is InChI=1S/C10H14ClNO2/c1-5-3-7(6(2)4-12)10(14)8(11)9(5)13/h3,6,13-14H,4,12H2,1-2H3. The lowest BCUT2D eigenvalue weighted by atomic mass is 9.98. The molecule has 14 heavy (non-hydrogen) atoms. The zero-order chi connectivity index (χ0) is 10.9. The summed E-state index contributed by atoms with van der Waals surface area (Å²) in [5.74, 6) is -0.128. The fraction of sp³-hybridized carbons (Fsp3) is 0.400. The van der Waals surface area contributed by atoms with Crippen LogP contribution < -0.4 is 5.73 Å². The number of aryl methyl sites for hydroxylation is 1. The van der Waals surface area contributed by atoms with Gasteiger partial charge in [0.15, 0.2) is 0 Å². The largest absolute Gasteiger partial charge is 0.506 e. The van der Waals surface area contributed by atoms with Crippen LogP contribution in [0.4, 0.5) is 0 Å². The van der Waals surface area contributed by atoms with Crippen LogP contribution >= 0.6 is 11.6 Å². The lowest BCUT2D eigenvalue weighted by molar-refractivity contribution is 0.441. The summed E-state index contributed by atoms with van der Waals surface area (Å²) in [6.45, 7) is 4.05. The Hall–Kier alpha value is -0.930. The quantitative estimate of drug-likeness (QED) is 0.708. The number of aromatic hydroxyl groups is 2. The van der Waals surface area contributed by atoms with Gasteiger partial charge in [0, 0.05) is 5.56 Å². The third kappa shape index (κ3) is 1.79. The molecule has 3 nitrogen and oxygen atoms in total. The zero-order valence-electron chi connectivity index (χ0n) is 8.21. The van der Waals surface area contributed by atoms with Gasteiger partial charge in [0.05, 0.1) is 0 Å². The smallest absolute Gasteiger partial charge is 0.141 e. The highest BCUT2D eigenvalue weighted by Crippen LogP contribution is 2.40. The van der Waals surface area contributed by atoms with E-state index in [0.717, 1.165) is 0 Å². The van der Waals surface area contributed by atoms with Crippen LogP contribution in [0.3, 0.4) is 0 Å². The second-order valence-electron chi connectivity index (χ2n) is 3.43. The lowest BCUT2D eigenvalue weighted by Gasteiger charge is -2.14. The van der Waals surface area contributed by atoms with Crippen molar-refractivity contribution < 1.29 is 10.2 Å². The maximum atomic E-state index is 9.66. The van der Waals surface area contributed by atoms with Gasteiger partial charge in [-0.25, -0.2) is 0 Å². The Kier molecular flexibility index (Phi) is 3.24. The van der Waals surface area contributed by atoms with Gasteiger partial charge in [-0.15, -0.1) is 0 Å². The van der Waals surface area contributed by atoms with Crippen LogP contribution in [0.15, 0.2) is 6.07 Å². The monoisotopic (exact) mass is 215 g/mol. The number of nitrogens with two attached hydrogens (primary N) is 1. The van der Waals surface area contributed by atoms with E-state index in [1.54, 1.807) is 13.0 Å². The molecule has 78 valence electrons. The van der Waals surface area contributed by atoms with Crippen molar-refractivity contribution in [3.63, 3.8) is 0 Å². The molecular weight excluding hydrogens is 202 g/mol. The third-order valence-electron chi connectivity index (χ3n) is 2.32. The van der Waals surface area contributed by atoms with E-state index in [2.05, 4.69) is 0 Å². The number of halogens is 1. The maximum Gasteiger partial charge on any atom is 0.141 e. The van der Waals surface area contributed by atoms with Gasteiger partial charge in [-0.1, -0.05) is 18.5 Å². The molecule has 0 amide bonds. The predicted octanol–water partition coefficient (Wildman–Crippen LogP) is 2.12. The Morgan fingerprint density at radius 3 is 2.50 bits per heavy atom. The molecule has 0 fully saturated rings. The van der Waals surface area contributed by atoms with Gasteiger partial charge in [0.1, 0.15) is 16.5 Å². The molecule has 0 radical (unpaired) electrons. The summed E-state index contributed by atoms with van der Waals surface area (Å²) >= 11 is 5.75. The van der Waals surface area contributed by atoms with Crippen LogP contribution in [0.5, 0.6) is 11.5 Å². The van der Waals surface area contributed by atoms with Crippen molar-refractivity contribution in [2.75, 3.05) is 6.54 Å². The van der Waals surface area contributed by atoms with E-state index >= 15 is 0 Å². The molecule has 0 saturated carbocycles. The second kappa shape index (κ2) is 4.07. The molecule has 1 aromatic rings. The third-order valence-corrected chi connectivity index (χ3v) is 2.68. The Balaban J connectivity index is 3.33. The molecule has 0 aromatic heterocycles. The summed E-state index contributed by atoms with van der Waals surface area (Å²) in [5.41, 5.74) is 6.81. The van der Waals surface area contributed by atoms with E-state index in [-0.39, 0.29) is 22.4 Å². The predicted molar refractivity (Wildman–Crippen MR) is 57.0 cm³/mol. The normalized spacial score (nSPS) is 12.9. The zero-order valence-corrected chi connectivity index (χ0v) is 8.97. The molecule has 1 aromatic carbocycles. The van der Waals surface area contributed by atoms with Gasteiger partial charge in [0.25, 0.3) is 0 Å². The SMILES string of the molecule is Cc1cc(C(C)CN)c(O)c(Cl)c1O. The molecule has 0 aliphatic heterocycles. The van der Waals surface area contributed by atoms with E-state index in [0.29, 0.717) is 17.7 Å². The van der Waals surface area contributed by atoms with E-state index in [4.69, 9.17) is 17.3 Å². The van der Waals surface area contributed by atoms with Gasteiger partial charge in [-0.05, 0) is 31.0 Å². The van der Waals surface area contributed by atoms with Crippen molar-refractivity contribution in [3.05, 3.63) is 22.2 Å². The number of hydrogen-bond donors (Lipinski definition) is 3. The minimum atomic E-state index is -0.0762. The molecule has 0 heterocycles. The molecule has 0 bridgehead atoms. The minimum Gasteiger partial charge on any atom is -0.506 e. The van der Waals surface area contributed by atoms with Crippen molar-refractivity contribution in [3.8, 4) is 11.5 Å². The molecule has 0 aliphatic carbocycles. The van der Waals surface area contributed by atoms with Gasteiger partial charge in [-0.2, -0.15) is 0 Å². The van der Waals surface area contributed by atoms with Gasteiger partial charge in [-0.3, -0.25) is 0 Å². The molecule has 1 rings (SSSR count). The Morgan fingerprint density at radius 2 is 2.00 bits per heavy atom. The summed E-state index contributed by atoms with van der Waals surface area (Å²) in [7, 11) is 0. The molecular formula is C10H14ClNO2. The number of benzene rings is 1. The number of phenols is 2. The van der Waals surface area contributed by atoms with Crippen molar-refractivity contribution in [2.45, 2.75) is 19.8 Å². The van der Waals surface area contributed by atoms with Gasteiger partial charge >= 0.3 is 0 Å². The highest BCUT2D eigenvalue weighted by molar-refractivity contribution is 6.33. The van der Waals surface area contributed by atoms with Crippen molar-refractivity contribution in [2.24, 2.45) is 5.73 Å². The first-order valence-electron chi connectivity index (χ1n) is 4.40. The fourth-order valence-corrected chi connectivity index (χ4v) is 1.54. The fourth-order valence-electron chi connectivity index (χ4n) is 1.28. The first-order valence-corrected chi connectivity index (χ1v) is 4.77. The topological polar surface area (TPSA) is 66.5 Å². The average molecular weight is 216 g/mol. The van der Waals surface area contributed by atoms with Crippen LogP contribution in [0.2, 0.25) is 5.02 Å². The lowest BCUT2D eigenvalue weighted by Crippen LogP contribution is -2.09. The Morgan fingerprint density at radius 1 is 1.43 bits per heavy atom. The van der Waals surface area contributed by atoms with Gasteiger partial charge in [0.2, 0.25) is 0 Å². The Bertz CT molecular complexity index is 352. The van der Waals surface area contributed by atoms with E-state index in [1.165, 1.54) is 0 Å². The van der Waals surface area contributed by atoms with Crippen LogP contribution in [-0.4, -0.2) is 16.8 Å². The van der Waals surface area contributed by atoms with Crippen LogP contribution in [-0.2, 0) is 0 Å². The number of phenolic OH excluding ortho intramolecular Hbond substituents is 2. The molecule has 1 unspecified atom stereocenters. The first kappa shape index (κ1) is 11.1. The first-order chi connectivity index (χ1) is 6.49. The second-order valence-corrected chi connectivity index (χ2v) is 3.81. The highest BCUT2D eigenvalue weighted by Gasteiger charge is 2.16. The molecule has 0 spiro atoms. The van der Waals surface area contributed by atoms with Gasteiger partial charge < -0.3 is 15.9 Å². The summed E-state index contributed by atoms with van der Waals surface area (Å²) in [6.07, 6.45) is 0. The molecule has 4 N–H and O–H groups in total. The van der Waals surface area contributed by atoms with E-state index in [9.17, 15) is 10.2 Å². The van der Waals surface area contributed by atoms with Crippen LogP contribution in [0.1, 0.15) is 24.0 Å². The molecule has 0 saturated heterocycles. The highest BCUT2D eigenvalue weighted by atomic mass is 35.5. The molecule has 4 heteroatoms. The Labute approximate surface area is 88.1 Å². The van der Waals surface area contributed by atoms with Crippen LogP contribution in [0.25, 0.3) is 0 Å². The number of rotatable bonds is 2. The average Bonchev–Trinajstić information content (AvgIpc) is 2.19. The van der Waals surface area contributed by atoms with Crippen LogP contribution in [0, 0.1) is 6.92 Å². The van der Waals surface area contributed by atoms with E-state index < -0.39 is 0 Å². The maximum absolute atomic E-state index is 9.66. The summed E-state index contributed by atoms with van der Waals surface area (Å²) < 4.78 is 0. The van der Waals surface area contributed by atoms with Crippen molar-refractivity contribution in [1.82, 2.24) is 0 Å². The van der Waals surface area contributed by atoms with E-state index in [1.807, 2.05) is 6.92 Å². The minimum absolute atomic E-state index is 0.000278. The molecule has 0 aliphatic rings. The van der Waals surface area contributed by atoms with Crippen molar-refractivity contribution >= 4 is 11.6 Å². The summed E-state index contributed by atoms with van der Waals surface area (Å²) in [5, 5.41) is 19.1. The number of hydrogen-bond acceptors (Lipinski definition) is 3. The summed E-state index contributed by atoms with van der Waals surface area (Å²) in [6, 6.07) is 1.70. The summed E-state index contributed by atoms with van der Waals surface area (Å²) in [4.78, 5) is 0. The molecule has 1 atom stereocenters. The van der Waals surface area contributed by atoms with Crippen molar-refractivity contribution in [1.29, 1.82) is 0 Å².